The van der Waals surface area contributed by atoms with Crippen molar-refractivity contribution in [2.24, 2.45) is 28.2 Å². The van der Waals surface area contributed by atoms with Gasteiger partial charge in [0.25, 0.3) is 23.6 Å². The first-order valence-corrected chi connectivity index (χ1v) is 50.2. The van der Waals surface area contributed by atoms with E-state index in [0.717, 1.165) is 84.5 Å². The van der Waals surface area contributed by atoms with Crippen molar-refractivity contribution in [3.63, 3.8) is 0 Å². The van der Waals surface area contributed by atoms with Crippen molar-refractivity contribution in [1.29, 1.82) is 21.0 Å². The first-order valence-electron chi connectivity index (χ1n) is 42.9. The standard InChI is InChI=1S/2C23H24N8O3S.C15H19N7O3S.C15H18N4O3S.C8H6BrN/c1-29-20-18(8-11-30(22(20)32)14-23(9-10-23)35(33,34)17-6-7-17)19(26-29)21-25-27-28-31(21)13-16-4-2-15(12-24)3-5-16;1-29-20-18(8-11-30(22(20)32)14-23(9-10-23)35(33,34)17-6-7-17)19(26-29)21-25-28-31(27-21)13-16-4-2-15(12-24)3-5-16;1-21-12-10(11(18-21)13-16-19-20-17-13)4-7-22(14(12)23)8-15(5-6-15)26(24,25)9-2-3-9;1-18-13-11(12(8-16)17-18)4-7-19(14(13)20)9-15(5-6-15)23(21,22)10-2-3-10;9-5-7-1-3-8(6-10)4-2-7/h2*2-5,17H,6-11,13-14H2,1H3;9H,2-8H2,1H3,(H,16,17,19,20);10H,2-7,9H2,1H3;1-4H,5H2. The van der Waals surface area contributed by atoms with Crippen LogP contribution >= 0.6 is 15.9 Å². The Hall–Kier alpha value is -12.2. The highest BCUT2D eigenvalue weighted by atomic mass is 79.9. The van der Waals surface area contributed by atoms with Crippen LogP contribution in [0.15, 0.2) is 72.8 Å². The number of halogens is 1. The van der Waals surface area contributed by atoms with Crippen LogP contribution in [-0.2, 0) is 112 Å². The highest BCUT2D eigenvalue weighted by Gasteiger charge is 2.64. The van der Waals surface area contributed by atoms with E-state index in [0.29, 0.717) is 202 Å². The fourth-order valence-electron chi connectivity index (χ4n) is 18.0. The predicted octanol–water partition coefficient (Wildman–Crippen LogP) is 4.76. The topological polar surface area (TPSA) is 526 Å². The highest BCUT2D eigenvalue weighted by Crippen LogP contribution is 2.55. The third-order valence-electron chi connectivity index (χ3n) is 26.6. The smallest absolute Gasteiger partial charge is 0.272 e. The van der Waals surface area contributed by atoms with Gasteiger partial charge in [0.2, 0.25) is 17.5 Å². The number of nitrogens with zero attached hydrogens (tertiary/aromatic N) is 27. The van der Waals surface area contributed by atoms with Gasteiger partial charge in [-0.2, -0.15) is 51.5 Å². The molecule has 7 aromatic heterocycles. The summed E-state index contributed by atoms with van der Waals surface area (Å²) >= 11 is 3.32. The number of carbonyl (C=O) groups is 4. The monoisotopic (exact) mass is 1890 g/mol. The summed E-state index contributed by atoms with van der Waals surface area (Å²) in [6.07, 6.45) is 13.4. The van der Waals surface area contributed by atoms with Crippen LogP contribution in [0.4, 0.5) is 0 Å². The molecule has 12 aliphatic rings. The van der Waals surface area contributed by atoms with Crippen molar-refractivity contribution in [1.82, 2.24) is 120 Å². The van der Waals surface area contributed by atoms with E-state index in [9.17, 15) is 52.8 Å². The van der Waals surface area contributed by atoms with Crippen LogP contribution in [-0.4, -0.2) is 269 Å². The first kappa shape index (κ1) is 87.5. The third-order valence-corrected chi connectivity index (χ3v) is 39.6. The molecule has 1 N–H and O–H groups in total. The van der Waals surface area contributed by atoms with Crippen molar-refractivity contribution >= 4 is 78.9 Å². The fraction of sp³-hybridized carbons (Fsp3) is 0.512. The number of nitriles is 4. The van der Waals surface area contributed by atoms with Crippen LogP contribution in [0, 0.1) is 45.3 Å². The summed E-state index contributed by atoms with van der Waals surface area (Å²) in [6.45, 7) is 3.64. The molecule has 10 aromatic rings. The molecular weight excluding hydrogens is 1800 g/mol. The molecule has 11 heterocycles. The number of rotatable bonds is 24. The van der Waals surface area contributed by atoms with Gasteiger partial charge in [0.1, 0.15) is 45.9 Å². The van der Waals surface area contributed by atoms with Crippen LogP contribution in [0.1, 0.15) is 206 Å². The number of nitrogens with one attached hydrogen (secondary N) is 1. The SMILES string of the molecule is Cn1nc(-c2nn[nH]n2)c2c1C(=O)N(CC1(S(=O)(=O)C3CC3)CC1)CC2.Cn1nc(-c2nnn(Cc3ccc(C#N)cc3)n2)c2c1C(=O)N(CC1(S(=O)(=O)C3CC3)CC1)CC2.Cn1nc(-c2nnnn2Cc2ccc(C#N)cc2)c2c1C(=O)N(CC1(S(=O)(=O)C3CC3)CC1)CC2.Cn1nc(C#N)c2c1C(=O)N(CC1(S(=O)(=O)C3CC3)CC1)CC2.N#Cc1ccc(CBr)cc1. The lowest BCUT2D eigenvalue weighted by Gasteiger charge is -2.31. The molecule has 8 saturated carbocycles. The Balaban J connectivity index is 0.000000113. The average molecular weight is 1890 g/mol. The van der Waals surface area contributed by atoms with Crippen LogP contribution in [0.5, 0.6) is 0 Å². The number of fused-ring (bicyclic) bond motifs is 4. The molecule has 40 nitrogen and oxygen atoms in total. The zero-order valence-corrected chi connectivity index (χ0v) is 76.0. The molecule has 4 amide bonds. The Kier molecular flexibility index (Phi) is 22.7. The number of hydrogen-bond donors (Lipinski definition) is 1. The van der Waals surface area contributed by atoms with Crippen LogP contribution in [0.2, 0.25) is 0 Å². The van der Waals surface area contributed by atoms with Crippen molar-refractivity contribution in [2.75, 3.05) is 52.4 Å². The Morgan fingerprint density at radius 3 is 1.09 bits per heavy atom. The van der Waals surface area contributed by atoms with Gasteiger partial charge >= 0.3 is 0 Å². The van der Waals surface area contributed by atoms with Gasteiger partial charge in [-0.3, -0.25) is 37.9 Å². The molecule has 0 radical (unpaired) electrons. The van der Waals surface area contributed by atoms with E-state index in [1.165, 1.54) is 24.4 Å². The molecule has 0 spiro atoms. The molecule has 129 heavy (non-hydrogen) atoms. The van der Waals surface area contributed by atoms with E-state index in [-0.39, 0.29) is 70.8 Å². The van der Waals surface area contributed by atoms with Gasteiger partial charge < -0.3 is 19.6 Å². The van der Waals surface area contributed by atoms with Crippen molar-refractivity contribution in [3.8, 4) is 58.8 Å². The predicted molar refractivity (Wildman–Crippen MR) is 463 cm³/mol. The average Bonchev–Trinajstić information content (AvgIpc) is 1.57. The maximum atomic E-state index is 13.5. The van der Waals surface area contributed by atoms with Gasteiger partial charge in [0.05, 0.1) is 88.0 Å². The maximum absolute atomic E-state index is 13.5. The summed E-state index contributed by atoms with van der Waals surface area (Å²) in [4.78, 5) is 60.8. The Morgan fingerprint density at radius 1 is 0.403 bits per heavy atom. The zero-order valence-electron chi connectivity index (χ0n) is 71.1. The molecule has 4 aliphatic heterocycles. The van der Waals surface area contributed by atoms with E-state index in [1.54, 1.807) is 81.4 Å². The molecule has 45 heteroatoms. The second-order valence-corrected chi connectivity index (χ2v) is 46.6. The van der Waals surface area contributed by atoms with Gasteiger partial charge in [-0.15, -0.1) is 25.5 Å². The molecule has 22 rings (SSSR count). The molecule has 8 aliphatic carbocycles. The Morgan fingerprint density at radius 2 is 0.744 bits per heavy atom. The summed E-state index contributed by atoms with van der Waals surface area (Å²) in [7, 11) is -5.89. The number of sulfone groups is 4. The van der Waals surface area contributed by atoms with Crippen LogP contribution in [0.3, 0.4) is 0 Å². The number of H-pyrrole nitrogens is 1. The highest BCUT2D eigenvalue weighted by molar-refractivity contribution is 9.08. The molecule has 0 atom stereocenters. The van der Waals surface area contributed by atoms with E-state index in [2.05, 4.69) is 106 Å². The lowest BCUT2D eigenvalue weighted by atomic mass is 10.0. The zero-order chi connectivity index (χ0) is 90.7. The summed E-state index contributed by atoms with van der Waals surface area (Å²) < 4.78 is 107. The largest absolute Gasteiger partial charge is 0.335 e. The first-order chi connectivity index (χ1) is 61.8. The quantitative estimate of drug-likeness (QED) is 0.0796. The van der Waals surface area contributed by atoms with E-state index >= 15 is 0 Å². The van der Waals surface area contributed by atoms with Crippen LogP contribution in [0.25, 0.3) is 34.6 Å². The minimum Gasteiger partial charge on any atom is -0.335 e. The summed E-state index contributed by atoms with van der Waals surface area (Å²) in [5, 5.41) is 91.8. The molecule has 8 fully saturated rings. The summed E-state index contributed by atoms with van der Waals surface area (Å²) in [5.41, 5.74) is 11.7. The number of aryl methyl sites for hydroxylation is 4. The minimum absolute atomic E-state index is 0.173. The Bertz CT molecular complexity index is 6820. The number of carbonyl (C=O) groups excluding carboxylic acids is 4. The minimum atomic E-state index is -3.20. The van der Waals surface area contributed by atoms with Crippen LogP contribution < -0.4 is 0 Å². The van der Waals surface area contributed by atoms with E-state index in [4.69, 9.17) is 21.0 Å². The summed E-state index contributed by atoms with van der Waals surface area (Å²) in [5.74, 6) is 0.381. The lowest BCUT2D eigenvalue weighted by Crippen LogP contribution is -2.46. The van der Waals surface area contributed by atoms with E-state index < -0.39 is 58.3 Å². The van der Waals surface area contributed by atoms with Gasteiger partial charge in [0, 0.05) is 108 Å². The number of amides is 4. The number of hydrogen-bond acceptors (Lipinski definition) is 29. The molecule has 0 unspecified atom stereocenters. The molecule has 3 aromatic carbocycles. The third kappa shape index (κ3) is 16.5. The van der Waals surface area contributed by atoms with Gasteiger partial charge in [-0.05, 0) is 202 Å². The second kappa shape index (κ2) is 33.4. The number of tetrazole rings is 3. The van der Waals surface area contributed by atoms with Gasteiger partial charge in [-0.1, -0.05) is 52.3 Å². The van der Waals surface area contributed by atoms with Crippen molar-refractivity contribution in [2.45, 2.75) is 187 Å². The van der Waals surface area contributed by atoms with Crippen molar-refractivity contribution < 1.29 is 52.8 Å². The van der Waals surface area contributed by atoms with Gasteiger partial charge in [-0.25, -0.2) is 38.4 Å². The molecule has 670 valence electrons. The molecule has 0 bridgehead atoms. The molecule has 0 saturated heterocycles. The normalized spacial score (nSPS) is 19.3. The lowest BCUT2D eigenvalue weighted by molar-refractivity contribution is 0.0717. The number of aromatic nitrogens is 20. The Labute approximate surface area is 750 Å². The maximum Gasteiger partial charge on any atom is 0.272 e. The fourth-order valence-corrected chi connectivity index (χ4v) is 28.3. The van der Waals surface area contributed by atoms with Crippen molar-refractivity contribution in [3.05, 3.63) is 157 Å². The second-order valence-electron chi connectivity index (χ2n) is 35.5. The summed E-state index contributed by atoms with van der Waals surface area (Å²) in [6, 6.07) is 30.1. The van der Waals surface area contributed by atoms with E-state index in [1.807, 2.05) is 54.6 Å². The van der Waals surface area contributed by atoms with Gasteiger partial charge in [0.15, 0.2) is 45.0 Å². The number of aromatic amines is 1. The number of alkyl halides is 1. The number of benzene rings is 3. The molecular formula is C84H91BrN28O12S4.